The van der Waals surface area contributed by atoms with Gasteiger partial charge < -0.3 is 19.3 Å². The Morgan fingerprint density at radius 1 is 0.750 bits per heavy atom. The fourth-order valence-corrected chi connectivity index (χ4v) is 2.32. The van der Waals surface area contributed by atoms with Gasteiger partial charge in [-0.3, -0.25) is 0 Å². The van der Waals surface area contributed by atoms with Gasteiger partial charge in [0.2, 0.25) is 0 Å². The first-order valence-corrected chi connectivity index (χ1v) is 8.32. The molecule has 0 saturated carbocycles. The summed E-state index contributed by atoms with van der Waals surface area (Å²) in [5, 5.41) is 17.6. The van der Waals surface area contributed by atoms with Crippen molar-refractivity contribution in [2.24, 2.45) is 0 Å². The minimum atomic E-state index is -4.53. The predicted molar refractivity (Wildman–Crippen MR) is 72.1 cm³/mol. The van der Waals surface area contributed by atoms with Crippen molar-refractivity contribution in [1.29, 1.82) is 0 Å². The molecule has 24 heavy (non-hydrogen) atoms. The van der Waals surface area contributed by atoms with Crippen LogP contribution >= 0.6 is 0 Å². The Hall–Kier alpha value is 0.496. The van der Waals surface area contributed by atoms with Crippen LogP contribution in [0.25, 0.3) is 0 Å². The van der Waals surface area contributed by atoms with Crippen LogP contribution in [0.15, 0.2) is 58.3 Å². The Morgan fingerprint density at radius 3 is 1.54 bits per heavy atom. The van der Waals surface area contributed by atoms with Crippen LogP contribution in [0.4, 0.5) is 0 Å². The molecule has 0 saturated heterocycles. The summed E-state index contributed by atoms with van der Waals surface area (Å²) in [6, 6.07) is 9.39. The summed E-state index contributed by atoms with van der Waals surface area (Å²) >= 11 is 0. The zero-order valence-electron chi connectivity index (χ0n) is 12.8. The molecule has 0 fully saturated rings. The first-order chi connectivity index (χ1) is 10.0. The molecule has 0 heterocycles. The predicted octanol–water partition coefficient (Wildman–Crippen LogP) is -5.40. The van der Waals surface area contributed by atoms with Gasteiger partial charge >= 0.3 is 80.9 Å². The SMILES string of the molecule is O=S(=O)([O-])c1ccc(O)cc1.O=S(=O)([O-])c1ccccc1O.[K+].[Na+]. The van der Waals surface area contributed by atoms with Gasteiger partial charge in [0, 0.05) is 0 Å². The van der Waals surface area contributed by atoms with Crippen molar-refractivity contribution < 1.29 is 117 Å². The standard InChI is InChI=1S/2C6H6O4S.K.Na/c7-5-1-3-6(4-2-5)11(8,9)10;7-5-3-1-2-4-6(5)11(8,9)10;;/h2*1-4,7H,(H,8,9,10);;/q;;2*+1/p-2. The van der Waals surface area contributed by atoms with Crippen LogP contribution in [0.5, 0.6) is 11.5 Å². The Kier molecular flexibility index (Phi) is 12.5. The van der Waals surface area contributed by atoms with Crippen LogP contribution in [-0.2, 0) is 20.2 Å². The van der Waals surface area contributed by atoms with E-state index in [-0.39, 0.29) is 91.6 Å². The number of para-hydroxylation sites is 1. The van der Waals surface area contributed by atoms with Crippen molar-refractivity contribution in [2.75, 3.05) is 0 Å². The molecule has 8 nitrogen and oxygen atoms in total. The van der Waals surface area contributed by atoms with E-state index in [2.05, 4.69) is 0 Å². The van der Waals surface area contributed by atoms with E-state index in [1.165, 1.54) is 12.1 Å². The molecule has 0 radical (unpaired) electrons. The molecule has 2 rings (SSSR count). The average molecular weight is 408 g/mol. The molecule has 0 spiro atoms. The maximum absolute atomic E-state index is 10.3. The summed E-state index contributed by atoms with van der Waals surface area (Å²) in [7, 11) is -8.91. The summed E-state index contributed by atoms with van der Waals surface area (Å²) in [4.78, 5) is -0.921. The van der Waals surface area contributed by atoms with Crippen molar-refractivity contribution in [3.8, 4) is 11.5 Å². The number of aromatic hydroxyl groups is 2. The van der Waals surface area contributed by atoms with Crippen LogP contribution in [0.1, 0.15) is 0 Å². The van der Waals surface area contributed by atoms with E-state index >= 15 is 0 Å². The smallest absolute Gasteiger partial charge is 0.744 e. The molecule has 2 N–H and O–H groups in total. The third kappa shape index (κ3) is 9.27. The van der Waals surface area contributed by atoms with Crippen molar-refractivity contribution >= 4 is 20.2 Å². The Labute approximate surface area is 204 Å². The van der Waals surface area contributed by atoms with Crippen LogP contribution < -0.4 is 80.9 Å². The number of hydrogen-bond donors (Lipinski definition) is 2. The second-order valence-corrected chi connectivity index (χ2v) is 6.60. The van der Waals surface area contributed by atoms with E-state index in [1.54, 1.807) is 0 Å². The Balaban J connectivity index is 0. The minimum Gasteiger partial charge on any atom is -0.744 e. The molecular formula is C12H10KNaO8S2. The van der Waals surface area contributed by atoms with Gasteiger partial charge in [-0.25, -0.2) is 16.8 Å². The molecule has 0 bridgehead atoms. The molecule has 0 aliphatic rings. The molecule has 0 unspecified atom stereocenters. The molecular weight excluding hydrogens is 398 g/mol. The van der Waals surface area contributed by atoms with Crippen molar-refractivity contribution in [2.45, 2.75) is 9.79 Å². The number of hydrogen-bond acceptors (Lipinski definition) is 8. The van der Waals surface area contributed by atoms with E-state index in [4.69, 9.17) is 10.2 Å². The van der Waals surface area contributed by atoms with Gasteiger partial charge in [0.05, 0.1) is 9.79 Å². The van der Waals surface area contributed by atoms with Gasteiger partial charge in [-0.15, -0.1) is 0 Å². The minimum absolute atomic E-state index is 0. The van der Waals surface area contributed by atoms with Crippen molar-refractivity contribution in [3.63, 3.8) is 0 Å². The monoisotopic (exact) mass is 408 g/mol. The first-order valence-electron chi connectivity index (χ1n) is 5.50. The molecule has 0 amide bonds. The van der Waals surface area contributed by atoms with E-state index < -0.39 is 30.9 Å². The Bertz CT molecular complexity index is 851. The largest absolute Gasteiger partial charge is 1.00 e. The van der Waals surface area contributed by atoms with Gasteiger partial charge in [-0.1, -0.05) is 12.1 Å². The molecule has 2 aromatic carbocycles. The van der Waals surface area contributed by atoms with Crippen LogP contribution in [-0.4, -0.2) is 36.2 Å². The van der Waals surface area contributed by atoms with Crippen LogP contribution in [0.2, 0.25) is 0 Å². The van der Waals surface area contributed by atoms with Gasteiger partial charge in [0.1, 0.15) is 31.7 Å². The van der Waals surface area contributed by atoms with Gasteiger partial charge in [0.25, 0.3) is 0 Å². The second-order valence-electron chi connectivity index (χ2n) is 3.87. The van der Waals surface area contributed by atoms with E-state index in [1.807, 2.05) is 0 Å². The summed E-state index contributed by atoms with van der Waals surface area (Å²) in [5.41, 5.74) is 0. The molecule has 0 aliphatic heterocycles. The van der Waals surface area contributed by atoms with E-state index in [9.17, 15) is 25.9 Å². The summed E-state index contributed by atoms with van der Waals surface area (Å²) in [6.45, 7) is 0. The van der Waals surface area contributed by atoms with Crippen LogP contribution in [0.3, 0.4) is 0 Å². The van der Waals surface area contributed by atoms with E-state index in [0.29, 0.717) is 0 Å². The van der Waals surface area contributed by atoms with Gasteiger partial charge in [0.15, 0.2) is 0 Å². The van der Waals surface area contributed by atoms with E-state index in [0.717, 1.165) is 36.4 Å². The Morgan fingerprint density at radius 2 is 1.21 bits per heavy atom. The maximum atomic E-state index is 10.3. The molecule has 0 aromatic heterocycles. The summed E-state index contributed by atoms with van der Waals surface area (Å²) in [5.74, 6) is -0.583. The number of rotatable bonds is 2. The van der Waals surface area contributed by atoms with Gasteiger partial charge in [-0.2, -0.15) is 0 Å². The average Bonchev–Trinajstić information content (AvgIpc) is 2.38. The van der Waals surface area contributed by atoms with Crippen molar-refractivity contribution in [1.82, 2.24) is 0 Å². The fourth-order valence-electron chi connectivity index (χ4n) is 1.28. The summed E-state index contributed by atoms with van der Waals surface area (Å²) < 4.78 is 61.9. The summed E-state index contributed by atoms with van der Waals surface area (Å²) in [6.07, 6.45) is 0. The quantitative estimate of drug-likeness (QED) is 0.369. The third-order valence-electron chi connectivity index (χ3n) is 2.26. The van der Waals surface area contributed by atoms with Gasteiger partial charge in [-0.05, 0) is 36.4 Å². The fraction of sp³-hybridized carbons (Fsp3) is 0. The molecule has 2 aromatic rings. The maximum Gasteiger partial charge on any atom is 1.00 e. The van der Waals surface area contributed by atoms with Crippen LogP contribution in [0, 0.1) is 0 Å². The number of phenols is 2. The molecule has 12 heteroatoms. The number of phenolic OH excluding ortho intramolecular Hbond substituents is 2. The third-order valence-corrected chi connectivity index (χ3v) is 3.99. The number of benzene rings is 2. The first kappa shape index (κ1) is 26.7. The van der Waals surface area contributed by atoms with Crippen molar-refractivity contribution in [3.05, 3.63) is 48.5 Å². The normalized spacial score (nSPS) is 10.4. The molecule has 0 atom stereocenters. The second kappa shape index (κ2) is 11.3. The topological polar surface area (TPSA) is 155 Å². The molecule has 0 aliphatic carbocycles. The zero-order valence-corrected chi connectivity index (χ0v) is 19.5. The molecule has 120 valence electrons. The zero-order chi connectivity index (χ0) is 17.0.